The Morgan fingerprint density at radius 2 is 2.53 bits per heavy atom. The van der Waals surface area contributed by atoms with Crippen molar-refractivity contribution in [1.82, 2.24) is 19.7 Å². The van der Waals surface area contributed by atoms with Crippen molar-refractivity contribution >= 4 is 16.7 Å². The topological polar surface area (TPSA) is 53.9 Å². The zero-order valence-corrected chi connectivity index (χ0v) is 9.83. The molecule has 2 heterocycles. The smallest absolute Gasteiger partial charge is 0.225 e. The van der Waals surface area contributed by atoms with Crippen LogP contribution >= 0.6 is 11.5 Å². The van der Waals surface area contributed by atoms with Crippen LogP contribution in [0.4, 0.5) is 5.13 Å². The van der Waals surface area contributed by atoms with Crippen LogP contribution < -0.4 is 5.32 Å². The van der Waals surface area contributed by atoms with Crippen LogP contribution in [-0.2, 0) is 0 Å². The Morgan fingerprint density at radius 1 is 1.60 bits per heavy atom. The van der Waals surface area contributed by atoms with Gasteiger partial charge in [-0.2, -0.15) is 0 Å². The molecule has 0 aromatic carbocycles. The van der Waals surface area contributed by atoms with Crippen molar-refractivity contribution in [1.29, 1.82) is 0 Å². The highest BCUT2D eigenvalue weighted by Gasteiger charge is 2.16. The Morgan fingerprint density at radius 3 is 3.27 bits per heavy atom. The van der Waals surface area contributed by atoms with Gasteiger partial charge in [-0.1, -0.05) is 9.59 Å². The number of rotatable bonds is 4. The Balaban J connectivity index is 1.65. The fourth-order valence-electron chi connectivity index (χ4n) is 2.09. The fourth-order valence-corrected chi connectivity index (χ4v) is 2.48. The van der Waals surface area contributed by atoms with Gasteiger partial charge in [-0.05, 0) is 44.0 Å². The van der Waals surface area contributed by atoms with Crippen molar-refractivity contribution in [3.8, 4) is 0 Å². The van der Waals surface area contributed by atoms with E-state index in [9.17, 15) is 0 Å². The first-order chi connectivity index (χ1) is 7.34. The van der Waals surface area contributed by atoms with Crippen LogP contribution in [0.3, 0.4) is 0 Å². The molecule has 15 heavy (non-hydrogen) atoms. The second-order valence-electron chi connectivity index (χ2n) is 4.15. The zero-order chi connectivity index (χ0) is 10.5. The third-order valence-electron chi connectivity index (χ3n) is 2.85. The van der Waals surface area contributed by atoms with E-state index in [4.69, 9.17) is 0 Å². The van der Waals surface area contributed by atoms with Crippen LogP contribution in [0, 0.1) is 5.92 Å². The molecule has 1 aliphatic rings. The number of nitrogens with zero attached hydrogens (tertiary/aromatic N) is 4. The summed E-state index contributed by atoms with van der Waals surface area (Å²) in [6, 6.07) is 0. The van der Waals surface area contributed by atoms with E-state index >= 15 is 0 Å². The summed E-state index contributed by atoms with van der Waals surface area (Å²) in [6.45, 7) is 3.47. The largest absolute Gasteiger partial charge is 0.359 e. The number of nitrogens with one attached hydrogen (secondary N) is 1. The molecule has 1 N–H and O–H groups in total. The Kier molecular flexibility index (Phi) is 3.85. The van der Waals surface area contributed by atoms with Crippen LogP contribution in [0.25, 0.3) is 0 Å². The predicted octanol–water partition coefficient (Wildman–Crippen LogP) is 1.08. The molecule has 1 aromatic rings. The van der Waals surface area contributed by atoms with Crippen LogP contribution in [0.2, 0.25) is 0 Å². The molecule has 0 amide bonds. The van der Waals surface area contributed by atoms with E-state index in [0.717, 1.165) is 17.6 Å². The first-order valence-corrected chi connectivity index (χ1v) is 6.19. The predicted molar refractivity (Wildman–Crippen MR) is 61.0 cm³/mol. The van der Waals surface area contributed by atoms with E-state index in [2.05, 4.69) is 32.1 Å². The highest BCUT2D eigenvalue weighted by Crippen LogP contribution is 2.18. The average molecular weight is 227 g/mol. The van der Waals surface area contributed by atoms with Gasteiger partial charge in [0, 0.05) is 24.6 Å². The molecular weight excluding hydrogens is 210 g/mol. The molecule has 84 valence electrons. The molecule has 1 unspecified atom stereocenters. The summed E-state index contributed by atoms with van der Waals surface area (Å²) in [5.41, 5.74) is 0. The second kappa shape index (κ2) is 5.37. The Labute approximate surface area is 94.0 Å². The average Bonchev–Trinajstić information content (AvgIpc) is 2.71. The van der Waals surface area contributed by atoms with Crippen LogP contribution in [0.1, 0.15) is 19.3 Å². The van der Waals surface area contributed by atoms with Crippen molar-refractivity contribution in [2.24, 2.45) is 5.92 Å². The minimum Gasteiger partial charge on any atom is -0.359 e. The maximum absolute atomic E-state index is 3.85. The molecule has 1 aliphatic heterocycles. The molecule has 1 aromatic heterocycles. The molecule has 1 saturated heterocycles. The highest BCUT2D eigenvalue weighted by molar-refractivity contribution is 7.09. The van der Waals surface area contributed by atoms with Crippen LogP contribution in [0.15, 0.2) is 0 Å². The van der Waals surface area contributed by atoms with Gasteiger partial charge in [0.2, 0.25) is 5.13 Å². The number of piperidine rings is 1. The number of anilines is 1. The lowest BCUT2D eigenvalue weighted by atomic mass is 9.95. The lowest BCUT2D eigenvalue weighted by Gasteiger charge is -2.29. The van der Waals surface area contributed by atoms with Crippen molar-refractivity contribution < 1.29 is 0 Å². The van der Waals surface area contributed by atoms with Gasteiger partial charge in [-0.15, -0.1) is 0 Å². The Bertz CT molecular complexity index is 276. The second-order valence-corrected chi connectivity index (χ2v) is 4.89. The third kappa shape index (κ3) is 3.39. The van der Waals surface area contributed by atoms with E-state index in [1.807, 2.05) is 0 Å². The minimum absolute atomic E-state index is 0.831. The van der Waals surface area contributed by atoms with Gasteiger partial charge in [0.15, 0.2) is 0 Å². The summed E-state index contributed by atoms with van der Waals surface area (Å²) in [6.07, 6.45) is 3.91. The quantitative estimate of drug-likeness (QED) is 0.834. The molecule has 6 heteroatoms. The first-order valence-electron chi connectivity index (χ1n) is 5.42. The summed E-state index contributed by atoms with van der Waals surface area (Å²) in [4.78, 5) is 2.42. The van der Waals surface area contributed by atoms with E-state index in [0.29, 0.717) is 0 Å². The molecular formula is C9H17N5S. The van der Waals surface area contributed by atoms with Gasteiger partial charge in [0.05, 0.1) is 0 Å². The molecule has 0 bridgehead atoms. The van der Waals surface area contributed by atoms with E-state index < -0.39 is 0 Å². The van der Waals surface area contributed by atoms with Crippen LogP contribution in [-0.4, -0.2) is 46.4 Å². The monoisotopic (exact) mass is 227 g/mol. The lowest BCUT2D eigenvalue weighted by molar-refractivity contribution is 0.205. The maximum atomic E-state index is 3.85. The van der Waals surface area contributed by atoms with Crippen molar-refractivity contribution in [3.63, 3.8) is 0 Å². The van der Waals surface area contributed by atoms with Gasteiger partial charge >= 0.3 is 0 Å². The van der Waals surface area contributed by atoms with Gasteiger partial charge in [0.1, 0.15) is 0 Å². The molecule has 0 spiro atoms. The molecule has 1 fully saturated rings. The van der Waals surface area contributed by atoms with E-state index in [1.165, 1.54) is 43.9 Å². The molecule has 0 aliphatic carbocycles. The van der Waals surface area contributed by atoms with Crippen molar-refractivity contribution in [3.05, 3.63) is 0 Å². The van der Waals surface area contributed by atoms with Gasteiger partial charge in [-0.3, -0.25) is 0 Å². The van der Waals surface area contributed by atoms with Crippen LogP contribution in [0.5, 0.6) is 0 Å². The van der Waals surface area contributed by atoms with E-state index in [-0.39, 0.29) is 0 Å². The first kappa shape index (κ1) is 10.8. The number of hydrogen-bond acceptors (Lipinski definition) is 6. The Hall–Kier alpha value is -0.750. The highest BCUT2D eigenvalue weighted by atomic mass is 32.1. The maximum Gasteiger partial charge on any atom is 0.225 e. The lowest BCUT2D eigenvalue weighted by Crippen LogP contribution is -2.32. The summed E-state index contributed by atoms with van der Waals surface area (Å²) in [7, 11) is 2.20. The van der Waals surface area contributed by atoms with Crippen molar-refractivity contribution in [2.75, 3.05) is 32.0 Å². The van der Waals surface area contributed by atoms with Gasteiger partial charge in [0.25, 0.3) is 0 Å². The normalized spacial score (nSPS) is 22.9. The SMILES string of the molecule is CN1CCCC(CCNc2nnns2)C1. The standard InChI is InChI=1S/C9H17N5S/c1-14-6-2-3-8(7-14)4-5-10-9-11-12-13-15-9/h8H,2-7H2,1H3,(H,10,11,13). The number of hydrogen-bond donors (Lipinski definition) is 1. The minimum atomic E-state index is 0.831. The summed E-state index contributed by atoms with van der Waals surface area (Å²) < 4.78 is 3.71. The van der Waals surface area contributed by atoms with Gasteiger partial charge in [-0.25, -0.2) is 0 Å². The summed E-state index contributed by atoms with van der Waals surface area (Å²) in [5, 5.41) is 11.5. The molecule has 1 atom stereocenters. The molecule has 0 radical (unpaired) electrons. The molecule has 0 saturated carbocycles. The number of aromatic nitrogens is 3. The van der Waals surface area contributed by atoms with Gasteiger partial charge < -0.3 is 10.2 Å². The van der Waals surface area contributed by atoms with Crippen molar-refractivity contribution in [2.45, 2.75) is 19.3 Å². The molecule has 5 nitrogen and oxygen atoms in total. The molecule has 2 rings (SSSR count). The third-order valence-corrected chi connectivity index (χ3v) is 3.40. The fraction of sp³-hybridized carbons (Fsp3) is 0.889. The number of likely N-dealkylation sites (tertiary alicyclic amines) is 1. The summed E-state index contributed by atoms with van der Waals surface area (Å²) >= 11 is 1.32. The van der Waals surface area contributed by atoms with E-state index in [1.54, 1.807) is 0 Å². The zero-order valence-electron chi connectivity index (χ0n) is 9.02. The summed E-state index contributed by atoms with van der Waals surface area (Å²) in [5.74, 6) is 0.831.